The fourth-order valence-electron chi connectivity index (χ4n) is 1.29. The van der Waals surface area contributed by atoms with Gasteiger partial charge in [0.1, 0.15) is 5.82 Å². The van der Waals surface area contributed by atoms with Crippen LogP contribution in [0.2, 0.25) is 0 Å². The second kappa shape index (κ2) is 5.40. The van der Waals surface area contributed by atoms with E-state index >= 15 is 0 Å². The van der Waals surface area contributed by atoms with Crippen LogP contribution in [0.25, 0.3) is 0 Å². The molecule has 0 spiro atoms. The highest BCUT2D eigenvalue weighted by Crippen LogP contribution is 2.18. The number of carbonyl (C=O) groups is 2. The predicted octanol–water partition coefficient (Wildman–Crippen LogP) is 0.875. The van der Waals surface area contributed by atoms with E-state index < -0.39 is 30.2 Å². The van der Waals surface area contributed by atoms with Gasteiger partial charge in [-0.3, -0.25) is 9.59 Å². The van der Waals surface area contributed by atoms with E-state index in [1.54, 1.807) is 13.0 Å². The summed E-state index contributed by atoms with van der Waals surface area (Å²) in [6, 6.07) is 3.14. The summed E-state index contributed by atoms with van der Waals surface area (Å²) in [5, 5.41) is 10.8. The zero-order valence-corrected chi connectivity index (χ0v) is 9.24. The molecule has 6 heteroatoms. The lowest BCUT2D eigenvalue weighted by atomic mass is 10.1. The molecule has 0 saturated carbocycles. The van der Waals surface area contributed by atoms with Crippen LogP contribution in [-0.4, -0.2) is 23.0 Å². The lowest BCUT2D eigenvalue weighted by Gasteiger charge is -2.12. The Morgan fingerprint density at radius 3 is 2.71 bits per heavy atom. The van der Waals surface area contributed by atoms with Crippen molar-refractivity contribution >= 4 is 17.6 Å². The highest BCUT2D eigenvalue weighted by atomic mass is 19.1. The van der Waals surface area contributed by atoms with Crippen molar-refractivity contribution < 1.29 is 19.1 Å². The molecule has 0 heterocycles. The maximum atomic E-state index is 13.4. The maximum absolute atomic E-state index is 13.4. The molecule has 0 aliphatic heterocycles. The third kappa shape index (κ3) is 3.53. The minimum absolute atomic E-state index is 0.0262. The first kappa shape index (κ1) is 13.1. The Balaban J connectivity index is 2.78. The number of hydrogen-bond acceptors (Lipinski definition) is 3. The number of carboxylic acids is 1. The molecule has 1 amide bonds. The third-order valence-electron chi connectivity index (χ3n) is 2.20. The van der Waals surface area contributed by atoms with Gasteiger partial charge in [-0.05, 0) is 18.6 Å². The molecule has 0 aromatic heterocycles. The predicted molar refractivity (Wildman–Crippen MR) is 60.0 cm³/mol. The van der Waals surface area contributed by atoms with Crippen LogP contribution in [0.1, 0.15) is 12.0 Å². The van der Waals surface area contributed by atoms with Gasteiger partial charge in [0.25, 0.3) is 0 Å². The lowest BCUT2D eigenvalue weighted by molar-refractivity contribution is -0.138. The molecule has 17 heavy (non-hydrogen) atoms. The van der Waals surface area contributed by atoms with Crippen molar-refractivity contribution in [2.45, 2.75) is 19.4 Å². The minimum atomic E-state index is -1.20. The fraction of sp³-hybridized carbons (Fsp3) is 0.273. The van der Waals surface area contributed by atoms with Crippen molar-refractivity contribution in [1.82, 2.24) is 0 Å². The van der Waals surface area contributed by atoms with E-state index in [2.05, 4.69) is 5.32 Å². The molecule has 1 atom stereocenters. The standard InChI is InChI=1S/C11H13FN2O3/c1-6-3-2-4-7(12)10(6)14-11(17)8(13)5-9(15)16/h2-4,8H,5,13H2,1H3,(H,14,17)(H,15,16). The van der Waals surface area contributed by atoms with Crippen LogP contribution < -0.4 is 11.1 Å². The average Bonchev–Trinajstić information content (AvgIpc) is 2.22. The number of hydrogen-bond donors (Lipinski definition) is 3. The highest BCUT2D eigenvalue weighted by Gasteiger charge is 2.18. The zero-order valence-electron chi connectivity index (χ0n) is 9.24. The van der Waals surface area contributed by atoms with Gasteiger partial charge in [0.05, 0.1) is 18.2 Å². The minimum Gasteiger partial charge on any atom is -0.481 e. The van der Waals surface area contributed by atoms with Gasteiger partial charge in [-0.25, -0.2) is 4.39 Å². The number of rotatable bonds is 4. The van der Waals surface area contributed by atoms with Crippen LogP contribution in [0.5, 0.6) is 0 Å². The van der Waals surface area contributed by atoms with E-state index in [1.165, 1.54) is 12.1 Å². The third-order valence-corrected chi connectivity index (χ3v) is 2.20. The number of amides is 1. The first-order valence-electron chi connectivity index (χ1n) is 4.95. The number of nitrogens with two attached hydrogens (primary N) is 1. The monoisotopic (exact) mass is 240 g/mol. The summed E-state index contributed by atoms with van der Waals surface area (Å²) in [4.78, 5) is 21.9. The van der Waals surface area contributed by atoms with E-state index in [-0.39, 0.29) is 5.69 Å². The fourth-order valence-corrected chi connectivity index (χ4v) is 1.29. The van der Waals surface area contributed by atoms with Crippen LogP contribution in [0.3, 0.4) is 0 Å². The van der Waals surface area contributed by atoms with Gasteiger partial charge in [0.2, 0.25) is 5.91 Å². The Morgan fingerprint density at radius 2 is 2.18 bits per heavy atom. The van der Waals surface area contributed by atoms with E-state index in [9.17, 15) is 14.0 Å². The second-order valence-corrected chi connectivity index (χ2v) is 3.63. The Bertz CT molecular complexity index is 428. The summed E-state index contributed by atoms with van der Waals surface area (Å²) >= 11 is 0. The Kier molecular flexibility index (Phi) is 4.17. The summed E-state index contributed by atoms with van der Waals surface area (Å²) in [5.41, 5.74) is 5.92. The first-order chi connectivity index (χ1) is 7.91. The van der Waals surface area contributed by atoms with Gasteiger partial charge >= 0.3 is 5.97 Å². The van der Waals surface area contributed by atoms with Crippen LogP contribution in [0, 0.1) is 12.7 Å². The van der Waals surface area contributed by atoms with Gasteiger partial charge in [-0.15, -0.1) is 0 Å². The molecule has 0 aliphatic carbocycles. The van der Waals surface area contributed by atoms with Crippen LogP contribution in [-0.2, 0) is 9.59 Å². The zero-order chi connectivity index (χ0) is 13.0. The number of carbonyl (C=O) groups excluding carboxylic acids is 1. The normalized spacial score (nSPS) is 11.9. The highest BCUT2D eigenvalue weighted by molar-refractivity contribution is 5.97. The lowest BCUT2D eigenvalue weighted by Crippen LogP contribution is -2.37. The van der Waals surface area contributed by atoms with Crippen molar-refractivity contribution in [1.29, 1.82) is 0 Å². The largest absolute Gasteiger partial charge is 0.481 e. The molecule has 0 radical (unpaired) electrons. The van der Waals surface area contributed by atoms with Gasteiger partial charge in [0.15, 0.2) is 0 Å². The molecular weight excluding hydrogens is 227 g/mol. The molecule has 5 nitrogen and oxygen atoms in total. The molecule has 1 aromatic carbocycles. The Morgan fingerprint density at radius 1 is 1.53 bits per heavy atom. The molecular formula is C11H13FN2O3. The second-order valence-electron chi connectivity index (χ2n) is 3.63. The van der Waals surface area contributed by atoms with Gasteiger partial charge in [-0.2, -0.15) is 0 Å². The molecule has 4 N–H and O–H groups in total. The van der Waals surface area contributed by atoms with Gasteiger partial charge in [0, 0.05) is 0 Å². The topological polar surface area (TPSA) is 92.4 Å². The molecule has 1 aromatic rings. The molecule has 92 valence electrons. The van der Waals surface area contributed by atoms with Crippen molar-refractivity contribution in [3.8, 4) is 0 Å². The molecule has 0 fully saturated rings. The van der Waals surface area contributed by atoms with Crippen molar-refractivity contribution in [2.24, 2.45) is 5.73 Å². The van der Waals surface area contributed by atoms with Crippen LogP contribution in [0.4, 0.5) is 10.1 Å². The smallest absolute Gasteiger partial charge is 0.305 e. The number of benzene rings is 1. The van der Waals surface area contributed by atoms with Crippen molar-refractivity contribution in [2.75, 3.05) is 5.32 Å². The molecule has 1 unspecified atom stereocenters. The number of anilines is 1. The van der Waals surface area contributed by atoms with E-state index in [0.29, 0.717) is 5.56 Å². The molecule has 0 saturated heterocycles. The number of nitrogens with one attached hydrogen (secondary N) is 1. The average molecular weight is 240 g/mol. The van der Waals surface area contributed by atoms with Crippen LogP contribution in [0.15, 0.2) is 18.2 Å². The molecule has 0 aliphatic rings. The molecule has 1 rings (SSSR count). The van der Waals surface area contributed by atoms with Crippen LogP contribution >= 0.6 is 0 Å². The van der Waals surface area contributed by atoms with Gasteiger partial charge in [-0.1, -0.05) is 12.1 Å². The number of aryl methyl sites for hydroxylation is 1. The quantitative estimate of drug-likeness (QED) is 0.728. The Labute approximate surface area is 97.4 Å². The van der Waals surface area contributed by atoms with E-state index in [0.717, 1.165) is 0 Å². The van der Waals surface area contributed by atoms with Crippen molar-refractivity contribution in [3.63, 3.8) is 0 Å². The number of aliphatic carboxylic acids is 1. The Hall–Kier alpha value is -1.95. The van der Waals surface area contributed by atoms with Gasteiger partial charge < -0.3 is 16.2 Å². The summed E-state index contributed by atoms with van der Waals surface area (Å²) < 4.78 is 13.4. The van der Waals surface area contributed by atoms with E-state index in [1.807, 2.05) is 0 Å². The first-order valence-corrected chi connectivity index (χ1v) is 4.95. The maximum Gasteiger partial charge on any atom is 0.305 e. The molecule has 0 bridgehead atoms. The summed E-state index contributed by atoms with van der Waals surface area (Å²) in [6.07, 6.45) is -0.501. The SMILES string of the molecule is Cc1cccc(F)c1NC(=O)C(N)CC(=O)O. The van der Waals surface area contributed by atoms with Crippen molar-refractivity contribution in [3.05, 3.63) is 29.6 Å². The summed E-state index contributed by atoms with van der Waals surface area (Å²) in [5.74, 6) is -2.49. The number of para-hydroxylation sites is 1. The van der Waals surface area contributed by atoms with E-state index in [4.69, 9.17) is 10.8 Å². The summed E-state index contributed by atoms with van der Waals surface area (Å²) in [7, 11) is 0. The number of halogens is 1. The summed E-state index contributed by atoms with van der Waals surface area (Å²) in [6.45, 7) is 1.63. The number of carboxylic acid groups (broad SMARTS) is 1.